The number of nitrogens with one attached hydrogen (secondary N) is 2. The van der Waals surface area contributed by atoms with E-state index < -0.39 is 0 Å². The van der Waals surface area contributed by atoms with Crippen molar-refractivity contribution in [3.05, 3.63) is 11.4 Å². The van der Waals surface area contributed by atoms with Crippen LogP contribution in [-0.4, -0.2) is 59.8 Å². The molecule has 0 spiro atoms. The summed E-state index contributed by atoms with van der Waals surface area (Å²) in [5, 5.41) is 10.3. The first-order valence-corrected chi connectivity index (χ1v) is 7.41. The molecule has 0 aromatic carbocycles. The highest BCUT2D eigenvalue weighted by Gasteiger charge is 2.26. The van der Waals surface area contributed by atoms with Gasteiger partial charge in [-0.05, 0) is 26.7 Å². The topological polar surface area (TPSA) is 64.3 Å². The van der Waals surface area contributed by atoms with Gasteiger partial charge in [-0.3, -0.25) is 14.8 Å². The maximum absolute atomic E-state index is 11.8. The summed E-state index contributed by atoms with van der Waals surface area (Å²) in [6.45, 7) is 8.41. The Morgan fingerprint density at radius 2 is 2.00 bits per heavy atom. The predicted molar refractivity (Wildman–Crippen MR) is 77.9 cm³/mol. The van der Waals surface area contributed by atoms with E-state index in [9.17, 15) is 4.79 Å². The van der Waals surface area contributed by atoms with E-state index >= 15 is 0 Å². The molecule has 1 saturated heterocycles. The summed E-state index contributed by atoms with van der Waals surface area (Å²) >= 11 is 0. The molecule has 0 bridgehead atoms. The number of amides is 1. The molecule has 0 radical (unpaired) electrons. The lowest BCUT2D eigenvalue weighted by molar-refractivity contribution is -0.122. The van der Waals surface area contributed by atoms with E-state index in [-0.39, 0.29) is 5.91 Å². The Kier molecular flexibility index (Phi) is 3.65. The third-order valence-corrected chi connectivity index (χ3v) is 4.09. The zero-order valence-corrected chi connectivity index (χ0v) is 12.3. The second kappa shape index (κ2) is 5.44. The predicted octanol–water partition coefficient (Wildman–Crippen LogP) is 0.427. The first kappa shape index (κ1) is 13.4. The first-order valence-electron chi connectivity index (χ1n) is 7.41. The van der Waals surface area contributed by atoms with Gasteiger partial charge in [0.1, 0.15) is 0 Å². The Morgan fingerprint density at radius 1 is 1.30 bits per heavy atom. The Hall–Kier alpha value is -1.56. The summed E-state index contributed by atoms with van der Waals surface area (Å²) in [6.07, 6.45) is 2.30. The highest BCUT2D eigenvalue weighted by molar-refractivity contribution is 5.78. The second-order valence-corrected chi connectivity index (χ2v) is 5.89. The lowest BCUT2D eigenvalue weighted by Gasteiger charge is -2.35. The van der Waals surface area contributed by atoms with Crippen molar-refractivity contribution in [2.45, 2.75) is 32.7 Å². The van der Waals surface area contributed by atoms with Crippen LogP contribution in [-0.2, 0) is 4.79 Å². The number of carbonyl (C=O) groups excluding carboxylic acids is 1. The van der Waals surface area contributed by atoms with Crippen molar-refractivity contribution in [1.29, 1.82) is 0 Å². The quantitative estimate of drug-likeness (QED) is 0.837. The van der Waals surface area contributed by atoms with Gasteiger partial charge in [-0.1, -0.05) is 0 Å². The van der Waals surface area contributed by atoms with Crippen LogP contribution < -0.4 is 10.2 Å². The lowest BCUT2D eigenvalue weighted by atomic mass is 10.2. The molecule has 1 aliphatic carbocycles. The molecule has 3 rings (SSSR count). The molecule has 2 N–H and O–H groups in total. The maximum atomic E-state index is 11.8. The number of hydrogen-bond donors (Lipinski definition) is 2. The first-order chi connectivity index (χ1) is 9.63. The summed E-state index contributed by atoms with van der Waals surface area (Å²) in [5.74, 6) is 0.177. The van der Waals surface area contributed by atoms with Gasteiger partial charge in [0.25, 0.3) is 0 Å². The molecule has 6 heteroatoms. The largest absolute Gasteiger partial charge is 0.366 e. The molecule has 1 aromatic heterocycles. The normalized spacial score (nSPS) is 20.2. The fourth-order valence-corrected chi connectivity index (χ4v) is 2.84. The molecule has 0 unspecified atom stereocenters. The number of anilines is 1. The van der Waals surface area contributed by atoms with Gasteiger partial charge in [0.15, 0.2) is 0 Å². The number of carbonyl (C=O) groups is 1. The number of aromatic amines is 1. The van der Waals surface area contributed by atoms with E-state index in [4.69, 9.17) is 0 Å². The van der Waals surface area contributed by atoms with Crippen molar-refractivity contribution < 1.29 is 4.79 Å². The second-order valence-electron chi connectivity index (χ2n) is 5.89. The van der Waals surface area contributed by atoms with Gasteiger partial charge >= 0.3 is 0 Å². The summed E-state index contributed by atoms with van der Waals surface area (Å²) < 4.78 is 0. The van der Waals surface area contributed by atoms with Crippen molar-refractivity contribution >= 4 is 11.6 Å². The number of aromatic nitrogens is 2. The van der Waals surface area contributed by atoms with Gasteiger partial charge in [0.2, 0.25) is 5.91 Å². The molecule has 0 atom stereocenters. The number of aryl methyl sites for hydroxylation is 2. The van der Waals surface area contributed by atoms with Crippen molar-refractivity contribution in [2.75, 3.05) is 37.6 Å². The molecule has 110 valence electrons. The number of hydrogen-bond acceptors (Lipinski definition) is 4. The third kappa shape index (κ3) is 2.95. The Bertz CT molecular complexity index is 466. The Balaban J connectivity index is 1.50. The van der Waals surface area contributed by atoms with Crippen LogP contribution in [0.3, 0.4) is 0 Å². The molecule has 2 heterocycles. The van der Waals surface area contributed by atoms with Crippen LogP contribution in [0.5, 0.6) is 0 Å². The van der Waals surface area contributed by atoms with Gasteiger partial charge in [-0.2, -0.15) is 5.10 Å². The molecule has 1 aliphatic heterocycles. The number of piperazine rings is 1. The molecule has 1 saturated carbocycles. The van der Waals surface area contributed by atoms with Crippen LogP contribution >= 0.6 is 0 Å². The minimum Gasteiger partial charge on any atom is -0.366 e. The highest BCUT2D eigenvalue weighted by atomic mass is 16.2. The zero-order valence-electron chi connectivity index (χ0n) is 12.3. The number of rotatable bonds is 4. The van der Waals surface area contributed by atoms with Crippen LogP contribution in [0.15, 0.2) is 0 Å². The summed E-state index contributed by atoms with van der Waals surface area (Å²) in [7, 11) is 0. The minimum absolute atomic E-state index is 0.177. The van der Waals surface area contributed by atoms with E-state index in [1.54, 1.807) is 0 Å². The lowest BCUT2D eigenvalue weighted by Crippen LogP contribution is -2.50. The summed E-state index contributed by atoms with van der Waals surface area (Å²) in [4.78, 5) is 16.4. The average Bonchev–Trinajstić information content (AvgIpc) is 3.16. The molecule has 20 heavy (non-hydrogen) atoms. The van der Waals surface area contributed by atoms with Crippen LogP contribution in [0.25, 0.3) is 0 Å². The van der Waals surface area contributed by atoms with E-state index in [2.05, 4.69) is 32.2 Å². The molecule has 1 amide bonds. The van der Waals surface area contributed by atoms with Crippen LogP contribution in [0.1, 0.15) is 24.2 Å². The average molecular weight is 277 g/mol. The van der Waals surface area contributed by atoms with E-state index in [1.165, 1.54) is 5.69 Å². The smallest absolute Gasteiger partial charge is 0.234 e. The molecule has 6 nitrogen and oxygen atoms in total. The third-order valence-electron chi connectivity index (χ3n) is 4.09. The van der Waals surface area contributed by atoms with Crippen LogP contribution in [0, 0.1) is 13.8 Å². The van der Waals surface area contributed by atoms with Crippen LogP contribution in [0.4, 0.5) is 5.69 Å². The van der Waals surface area contributed by atoms with Crippen molar-refractivity contribution in [2.24, 2.45) is 0 Å². The van der Waals surface area contributed by atoms with Gasteiger partial charge in [0.05, 0.1) is 23.6 Å². The Morgan fingerprint density at radius 3 is 2.55 bits per heavy atom. The van der Waals surface area contributed by atoms with E-state index in [0.717, 1.165) is 50.4 Å². The molecule has 2 aliphatic rings. The minimum atomic E-state index is 0.177. The summed E-state index contributed by atoms with van der Waals surface area (Å²) in [5.41, 5.74) is 3.41. The Labute approximate surface area is 119 Å². The van der Waals surface area contributed by atoms with Gasteiger partial charge in [0, 0.05) is 32.2 Å². The number of nitrogens with zero attached hydrogens (tertiary/aromatic N) is 3. The zero-order chi connectivity index (χ0) is 14.1. The standard InChI is InChI=1S/C14H23N5O/c1-10-14(11(2)17-16-10)19-7-5-18(6-8-19)9-13(20)15-12-3-4-12/h12H,3-9H2,1-2H3,(H,15,20)(H,16,17). The van der Waals surface area contributed by atoms with E-state index in [1.807, 2.05) is 6.92 Å². The maximum Gasteiger partial charge on any atom is 0.234 e. The summed E-state index contributed by atoms with van der Waals surface area (Å²) in [6, 6.07) is 0.458. The van der Waals surface area contributed by atoms with E-state index in [0.29, 0.717) is 12.6 Å². The van der Waals surface area contributed by atoms with Crippen LogP contribution in [0.2, 0.25) is 0 Å². The van der Waals surface area contributed by atoms with Crippen molar-refractivity contribution in [3.63, 3.8) is 0 Å². The SMILES string of the molecule is Cc1n[nH]c(C)c1N1CCN(CC(=O)NC2CC2)CC1. The van der Waals surface area contributed by atoms with Crippen molar-refractivity contribution in [3.8, 4) is 0 Å². The molecule has 2 fully saturated rings. The fourth-order valence-electron chi connectivity index (χ4n) is 2.84. The number of H-pyrrole nitrogens is 1. The van der Waals surface area contributed by atoms with Crippen molar-refractivity contribution in [1.82, 2.24) is 20.4 Å². The molecular formula is C14H23N5O. The monoisotopic (exact) mass is 277 g/mol. The van der Waals surface area contributed by atoms with Gasteiger partial charge < -0.3 is 10.2 Å². The molecular weight excluding hydrogens is 254 g/mol. The fraction of sp³-hybridized carbons (Fsp3) is 0.714. The molecule has 1 aromatic rings. The highest BCUT2D eigenvalue weighted by Crippen LogP contribution is 2.23. The van der Waals surface area contributed by atoms with Gasteiger partial charge in [-0.15, -0.1) is 0 Å². The van der Waals surface area contributed by atoms with Gasteiger partial charge in [-0.25, -0.2) is 0 Å².